The molecule has 2 amide bonds. The number of nitrogens with one attached hydrogen (secondary N) is 1. The van der Waals surface area contributed by atoms with Crippen LogP contribution in [0.5, 0.6) is 0 Å². The van der Waals surface area contributed by atoms with Crippen LogP contribution in [0, 0.1) is 0 Å². The van der Waals surface area contributed by atoms with Crippen molar-refractivity contribution >= 4 is 17.8 Å². The fourth-order valence-corrected chi connectivity index (χ4v) is 1.69. The number of hydrogen-bond donors (Lipinski definition) is 1. The van der Waals surface area contributed by atoms with Gasteiger partial charge in [-0.1, -0.05) is 13.3 Å². The van der Waals surface area contributed by atoms with E-state index in [1.54, 1.807) is 0 Å². The average Bonchev–Trinajstić information content (AvgIpc) is 2.65. The molecule has 0 saturated heterocycles. The summed E-state index contributed by atoms with van der Waals surface area (Å²) >= 11 is 0. The minimum absolute atomic E-state index is 0.227. The minimum atomic E-state index is -0.474. The molecule has 18 heavy (non-hydrogen) atoms. The molecule has 5 heteroatoms. The van der Waals surface area contributed by atoms with Crippen LogP contribution in [0.25, 0.3) is 0 Å². The molecule has 0 bridgehead atoms. The highest BCUT2D eigenvalue weighted by Gasteiger charge is 2.27. The molecule has 0 spiro atoms. The topological polar surface area (TPSA) is 72.5 Å². The number of esters is 1. The van der Waals surface area contributed by atoms with Gasteiger partial charge >= 0.3 is 5.97 Å². The Morgan fingerprint density at radius 3 is 2.67 bits per heavy atom. The molecule has 94 valence electrons. The smallest absolute Gasteiger partial charge is 0.338 e. The maximum atomic E-state index is 11.7. The molecule has 0 unspecified atom stereocenters. The molecular formula is C13H13NO4. The molecular weight excluding hydrogens is 234 g/mol. The minimum Gasteiger partial charge on any atom is -0.462 e. The van der Waals surface area contributed by atoms with Crippen LogP contribution in [0.2, 0.25) is 0 Å². The highest BCUT2D eigenvalue weighted by molar-refractivity contribution is 6.22. The second-order valence-electron chi connectivity index (χ2n) is 4.03. The molecule has 2 rings (SSSR count). The predicted molar refractivity (Wildman–Crippen MR) is 63.4 cm³/mol. The Hall–Kier alpha value is -2.17. The molecule has 1 aromatic rings. The number of benzene rings is 1. The second kappa shape index (κ2) is 5.00. The fourth-order valence-electron chi connectivity index (χ4n) is 1.69. The van der Waals surface area contributed by atoms with E-state index in [1.807, 2.05) is 6.92 Å². The van der Waals surface area contributed by atoms with Crippen molar-refractivity contribution in [2.45, 2.75) is 19.8 Å². The second-order valence-corrected chi connectivity index (χ2v) is 4.03. The van der Waals surface area contributed by atoms with Crippen LogP contribution in [0.15, 0.2) is 18.2 Å². The molecule has 0 fully saturated rings. The first-order valence-corrected chi connectivity index (χ1v) is 5.80. The third kappa shape index (κ3) is 2.25. The van der Waals surface area contributed by atoms with Crippen molar-refractivity contribution in [1.82, 2.24) is 5.32 Å². The van der Waals surface area contributed by atoms with Crippen molar-refractivity contribution in [3.05, 3.63) is 34.9 Å². The monoisotopic (exact) mass is 247 g/mol. The highest BCUT2D eigenvalue weighted by atomic mass is 16.5. The van der Waals surface area contributed by atoms with Gasteiger partial charge in [-0.05, 0) is 24.6 Å². The van der Waals surface area contributed by atoms with E-state index in [0.29, 0.717) is 12.2 Å². The van der Waals surface area contributed by atoms with Gasteiger partial charge in [-0.3, -0.25) is 14.9 Å². The Morgan fingerprint density at radius 2 is 1.94 bits per heavy atom. The van der Waals surface area contributed by atoms with Crippen molar-refractivity contribution in [2.24, 2.45) is 0 Å². The van der Waals surface area contributed by atoms with Crippen LogP contribution in [0.3, 0.4) is 0 Å². The first-order valence-electron chi connectivity index (χ1n) is 5.80. The van der Waals surface area contributed by atoms with E-state index in [4.69, 9.17) is 4.74 Å². The number of carbonyl (C=O) groups is 3. The molecule has 1 aliphatic heterocycles. The lowest BCUT2D eigenvalue weighted by Crippen LogP contribution is -2.19. The number of hydrogen-bond acceptors (Lipinski definition) is 4. The molecule has 0 atom stereocenters. The van der Waals surface area contributed by atoms with Crippen molar-refractivity contribution in [3.8, 4) is 0 Å². The summed E-state index contributed by atoms with van der Waals surface area (Å²) in [7, 11) is 0. The summed E-state index contributed by atoms with van der Waals surface area (Å²) < 4.78 is 5.03. The first kappa shape index (κ1) is 12.3. The lowest BCUT2D eigenvalue weighted by Gasteiger charge is -2.04. The highest BCUT2D eigenvalue weighted by Crippen LogP contribution is 2.17. The summed E-state index contributed by atoms with van der Waals surface area (Å²) in [4.78, 5) is 34.4. The van der Waals surface area contributed by atoms with Gasteiger partial charge in [0.2, 0.25) is 0 Å². The first-order chi connectivity index (χ1) is 8.63. The number of unbranched alkanes of at least 4 members (excludes halogenated alkanes) is 1. The van der Waals surface area contributed by atoms with Crippen LogP contribution in [-0.2, 0) is 4.74 Å². The normalized spacial score (nSPS) is 13.2. The van der Waals surface area contributed by atoms with Crippen molar-refractivity contribution < 1.29 is 19.1 Å². The van der Waals surface area contributed by atoms with Gasteiger partial charge in [-0.25, -0.2) is 4.79 Å². The number of imide groups is 1. The molecule has 1 aliphatic rings. The molecule has 0 aromatic heterocycles. The van der Waals surface area contributed by atoms with Gasteiger partial charge in [-0.15, -0.1) is 0 Å². The van der Waals surface area contributed by atoms with Gasteiger partial charge in [-0.2, -0.15) is 0 Å². The zero-order chi connectivity index (χ0) is 13.1. The van der Waals surface area contributed by atoms with Crippen LogP contribution in [-0.4, -0.2) is 24.4 Å². The van der Waals surface area contributed by atoms with E-state index in [1.165, 1.54) is 18.2 Å². The molecule has 1 heterocycles. The standard InChI is InChI=1S/C13H13NO4/c1-2-3-6-18-13(17)8-4-5-9-10(7-8)12(16)14-11(9)15/h4-5,7H,2-3,6H2,1H3,(H,14,15,16). The summed E-state index contributed by atoms with van der Waals surface area (Å²) in [5.74, 6) is -1.38. The molecule has 0 aliphatic carbocycles. The summed E-state index contributed by atoms with van der Waals surface area (Å²) in [5.41, 5.74) is 0.810. The largest absolute Gasteiger partial charge is 0.462 e. The van der Waals surface area contributed by atoms with Gasteiger partial charge < -0.3 is 4.74 Å². The van der Waals surface area contributed by atoms with Crippen LogP contribution < -0.4 is 5.32 Å². The third-order valence-corrected chi connectivity index (χ3v) is 2.70. The van der Waals surface area contributed by atoms with E-state index >= 15 is 0 Å². The van der Waals surface area contributed by atoms with Crippen molar-refractivity contribution in [3.63, 3.8) is 0 Å². The van der Waals surface area contributed by atoms with Gasteiger partial charge in [0.1, 0.15) is 0 Å². The number of ether oxygens (including phenoxy) is 1. The Kier molecular flexibility index (Phi) is 3.41. The average molecular weight is 247 g/mol. The van der Waals surface area contributed by atoms with Crippen LogP contribution in [0.1, 0.15) is 50.8 Å². The SMILES string of the molecule is CCCCOC(=O)c1ccc2c(c1)C(=O)NC2=O. The maximum Gasteiger partial charge on any atom is 0.338 e. The summed E-state index contributed by atoms with van der Waals surface area (Å²) in [6, 6.07) is 4.35. The predicted octanol–water partition coefficient (Wildman–Crippen LogP) is 1.53. The number of fused-ring (bicyclic) bond motifs is 1. The van der Waals surface area contributed by atoms with Gasteiger partial charge in [0.25, 0.3) is 11.8 Å². The summed E-state index contributed by atoms with van der Waals surface area (Å²) in [5, 5.41) is 2.17. The zero-order valence-electron chi connectivity index (χ0n) is 9.99. The Morgan fingerprint density at radius 1 is 1.22 bits per heavy atom. The number of rotatable bonds is 4. The fraction of sp³-hybridized carbons (Fsp3) is 0.308. The van der Waals surface area contributed by atoms with E-state index in [0.717, 1.165) is 12.8 Å². The number of amides is 2. The quantitative estimate of drug-likeness (QED) is 0.497. The molecule has 5 nitrogen and oxygen atoms in total. The Labute approximate surface area is 104 Å². The van der Waals surface area contributed by atoms with E-state index in [9.17, 15) is 14.4 Å². The van der Waals surface area contributed by atoms with Gasteiger partial charge in [0.05, 0.1) is 23.3 Å². The Balaban J connectivity index is 2.17. The Bertz CT molecular complexity index is 522. The maximum absolute atomic E-state index is 11.7. The molecule has 1 N–H and O–H groups in total. The lowest BCUT2D eigenvalue weighted by molar-refractivity contribution is 0.0499. The van der Waals surface area contributed by atoms with Gasteiger partial charge in [0.15, 0.2) is 0 Å². The third-order valence-electron chi connectivity index (χ3n) is 2.70. The lowest BCUT2D eigenvalue weighted by atomic mass is 10.1. The van der Waals surface area contributed by atoms with E-state index in [-0.39, 0.29) is 11.1 Å². The van der Waals surface area contributed by atoms with Crippen molar-refractivity contribution in [1.29, 1.82) is 0 Å². The van der Waals surface area contributed by atoms with E-state index < -0.39 is 17.8 Å². The molecule has 0 saturated carbocycles. The number of carbonyl (C=O) groups excluding carboxylic acids is 3. The molecule has 0 radical (unpaired) electrons. The molecule has 1 aromatic carbocycles. The summed E-state index contributed by atoms with van der Waals surface area (Å²) in [6.45, 7) is 2.36. The summed E-state index contributed by atoms with van der Waals surface area (Å²) in [6.07, 6.45) is 1.74. The van der Waals surface area contributed by atoms with E-state index in [2.05, 4.69) is 5.32 Å². The zero-order valence-corrected chi connectivity index (χ0v) is 9.99. The van der Waals surface area contributed by atoms with Crippen LogP contribution >= 0.6 is 0 Å². The van der Waals surface area contributed by atoms with Crippen molar-refractivity contribution in [2.75, 3.05) is 6.61 Å². The van der Waals surface area contributed by atoms with Crippen LogP contribution in [0.4, 0.5) is 0 Å². The van der Waals surface area contributed by atoms with Gasteiger partial charge in [0, 0.05) is 0 Å².